The molecule has 0 radical (unpaired) electrons. The predicted molar refractivity (Wildman–Crippen MR) is 98.9 cm³/mol. The minimum atomic E-state index is -1.34. The highest BCUT2D eigenvalue weighted by Crippen LogP contribution is 2.22. The van der Waals surface area contributed by atoms with Crippen LogP contribution in [0.3, 0.4) is 0 Å². The van der Waals surface area contributed by atoms with Gasteiger partial charge in [0.15, 0.2) is 5.69 Å². The standard InChI is InChI=1S/C12H8N4O.C7H5NO4/c1-5-13-6-2-9(1)11-15-16-12(17-11)10-3-7-14-8-4-10;9-6(10)4-2-1-3-8-5(4)7(11)12/h1-8H;1-3H,(H,9,10)(H,11,12). The van der Waals surface area contributed by atoms with Crippen molar-refractivity contribution >= 4 is 11.9 Å². The second kappa shape index (κ2) is 8.95. The van der Waals surface area contributed by atoms with E-state index in [9.17, 15) is 9.59 Å². The first kappa shape index (κ1) is 19.3. The number of pyridine rings is 3. The summed E-state index contributed by atoms with van der Waals surface area (Å²) in [5.41, 5.74) is 0.968. The molecule has 0 aliphatic carbocycles. The highest BCUT2D eigenvalue weighted by molar-refractivity contribution is 6.00. The van der Waals surface area contributed by atoms with Crippen molar-refractivity contribution in [1.29, 1.82) is 0 Å². The average Bonchev–Trinajstić information content (AvgIpc) is 3.26. The van der Waals surface area contributed by atoms with Crippen molar-refractivity contribution in [2.24, 2.45) is 0 Å². The number of nitrogens with zero attached hydrogens (tertiary/aromatic N) is 5. The lowest BCUT2D eigenvalue weighted by molar-refractivity contribution is 0.0646. The fourth-order valence-electron chi connectivity index (χ4n) is 2.19. The first-order valence-electron chi connectivity index (χ1n) is 8.12. The van der Waals surface area contributed by atoms with Gasteiger partial charge in [0, 0.05) is 42.1 Å². The number of hydrogen-bond donors (Lipinski definition) is 2. The van der Waals surface area contributed by atoms with E-state index in [-0.39, 0.29) is 5.56 Å². The van der Waals surface area contributed by atoms with Crippen LogP contribution in [0.1, 0.15) is 20.8 Å². The Bertz CT molecular complexity index is 1030. The zero-order valence-electron chi connectivity index (χ0n) is 14.7. The number of carbonyl (C=O) groups is 2. The van der Waals surface area contributed by atoms with Crippen molar-refractivity contribution < 1.29 is 24.2 Å². The van der Waals surface area contributed by atoms with E-state index >= 15 is 0 Å². The Hall–Kier alpha value is -4.47. The van der Waals surface area contributed by atoms with Gasteiger partial charge in [-0.25, -0.2) is 14.6 Å². The Balaban J connectivity index is 0.000000177. The fourth-order valence-corrected chi connectivity index (χ4v) is 2.19. The number of carboxylic acids is 2. The Kier molecular flexibility index (Phi) is 5.96. The molecular formula is C19H13N5O5. The van der Waals surface area contributed by atoms with Crippen LogP contribution in [-0.4, -0.2) is 47.3 Å². The van der Waals surface area contributed by atoms with Crippen LogP contribution in [0, 0.1) is 0 Å². The van der Waals surface area contributed by atoms with Crippen molar-refractivity contribution in [2.45, 2.75) is 0 Å². The topological polar surface area (TPSA) is 152 Å². The molecule has 144 valence electrons. The Morgan fingerprint density at radius 3 is 1.66 bits per heavy atom. The van der Waals surface area contributed by atoms with Gasteiger partial charge in [0.1, 0.15) is 0 Å². The molecule has 0 fully saturated rings. The molecule has 0 amide bonds. The van der Waals surface area contributed by atoms with Crippen LogP contribution < -0.4 is 0 Å². The SMILES string of the molecule is O=C(O)c1cccnc1C(=O)O.c1cc(-c2nnc(-c3ccncc3)o2)ccn1. The minimum absolute atomic E-state index is 0.301. The maximum absolute atomic E-state index is 10.4. The third-order valence-corrected chi connectivity index (χ3v) is 3.52. The van der Waals surface area contributed by atoms with Crippen LogP contribution in [0.2, 0.25) is 0 Å². The van der Waals surface area contributed by atoms with Crippen molar-refractivity contribution in [3.8, 4) is 22.9 Å². The Morgan fingerprint density at radius 2 is 1.24 bits per heavy atom. The Morgan fingerprint density at radius 1 is 0.724 bits per heavy atom. The molecule has 0 bridgehead atoms. The lowest BCUT2D eigenvalue weighted by atomic mass is 10.2. The molecule has 10 heteroatoms. The van der Waals surface area contributed by atoms with Crippen LogP contribution in [0.4, 0.5) is 0 Å². The third-order valence-electron chi connectivity index (χ3n) is 3.52. The zero-order chi connectivity index (χ0) is 20.6. The average molecular weight is 391 g/mol. The quantitative estimate of drug-likeness (QED) is 0.531. The highest BCUT2D eigenvalue weighted by atomic mass is 16.4. The van der Waals surface area contributed by atoms with Gasteiger partial charge in [-0.1, -0.05) is 0 Å². The Labute approximate surface area is 163 Å². The van der Waals surface area contributed by atoms with Gasteiger partial charge >= 0.3 is 11.9 Å². The smallest absolute Gasteiger partial charge is 0.355 e. The van der Waals surface area contributed by atoms with Gasteiger partial charge in [-0.05, 0) is 36.4 Å². The van der Waals surface area contributed by atoms with E-state index in [1.165, 1.54) is 18.3 Å². The van der Waals surface area contributed by atoms with Crippen LogP contribution in [0.5, 0.6) is 0 Å². The second-order valence-corrected chi connectivity index (χ2v) is 5.39. The molecule has 0 unspecified atom stereocenters. The number of rotatable bonds is 4. The largest absolute Gasteiger partial charge is 0.478 e. The third kappa shape index (κ3) is 4.83. The van der Waals surface area contributed by atoms with E-state index in [1.54, 1.807) is 24.8 Å². The number of hydrogen-bond acceptors (Lipinski definition) is 8. The maximum atomic E-state index is 10.4. The number of aromatic nitrogens is 5. The normalized spacial score (nSPS) is 9.93. The van der Waals surface area contributed by atoms with E-state index in [1.807, 2.05) is 24.3 Å². The molecule has 0 aromatic carbocycles. The molecule has 0 spiro atoms. The zero-order valence-corrected chi connectivity index (χ0v) is 14.7. The first-order chi connectivity index (χ1) is 14.1. The summed E-state index contributed by atoms with van der Waals surface area (Å²) in [4.78, 5) is 32.1. The van der Waals surface area contributed by atoms with E-state index in [0.717, 1.165) is 11.1 Å². The van der Waals surface area contributed by atoms with E-state index < -0.39 is 17.6 Å². The van der Waals surface area contributed by atoms with Gasteiger partial charge in [0.05, 0.1) is 5.56 Å². The highest BCUT2D eigenvalue weighted by Gasteiger charge is 2.15. The lowest BCUT2D eigenvalue weighted by Gasteiger charge is -1.97. The monoisotopic (exact) mass is 391 g/mol. The summed E-state index contributed by atoms with van der Waals surface area (Å²) < 4.78 is 5.58. The molecule has 0 atom stereocenters. The molecule has 2 N–H and O–H groups in total. The summed E-state index contributed by atoms with van der Waals surface area (Å²) >= 11 is 0. The molecule has 0 aliphatic heterocycles. The summed E-state index contributed by atoms with van der Waals surface area (Å²) in [6, 6.07) is 9.86. The van der Waals surface area contributed by atoms with E-state index in [4.69, 9.17) is 14.6 Å². The molecular weight excluding hydrogens is 378 g/mol. The molecule has 0 saturated heterocycles. The van der Waals surface area contributed by atoms with Crippen molar-refractivity contribution in [3.63, 3.8) is 0 Å². The summed E-state index contributed by atoms with van der Waals surface area (Å²) in [5, 5.41) is 25.0. The summed E-state index contributed by atoms with van der Waals surface area (Å²) in [5.74, 6) is -1.66. The number of aromatic carboxylic acids is 2. The first-order valence-corrected chi connectivity index (χ1v) is 8.12. The van der Waals surface area contributed by atoms with Crippen molar-refractivity contribution in [3.05, 3.63) is 78.6 Å². The number of carboxylic acid groups (broad SMARTS) is 2. The lowest BCUT2D eigenvalue weighted by Crippen LogP contribution is -2.09. The van der Waals surface area contributed by atoms with Crippen molar-refractivity contribution in [1.82, 2.24) is 25.1 Å². The van der Waals surface area contributed by atoms with Gasteiger partial charge < -0.3 is 14.6 Å². The molecule has 10 nitrogen and oxygen atoms in total. The van der Waals surface area contributed by atoms with Gasteiger partial charge in [-0.15, -0.1) is 10.2 Å². The van der Waals surface area contributed by atoms with Crippen molar-refractivity contribution in [2.75, 3.05) is 0 Å². The molecule has 4 heterocycles. The van der Waals surface area contributed by atoms with Gasteiger partial charge in [-0.3, -0.25) is 9.97 Å². The summed E-state index contributed by atoms with van der Waals surface area (Å²) in [7, 11) is 0. The molecule has 4 rings (SSSR count). The van der Waals surface area contributed by atoms with E-state index in [0.29, 0.717) is 11.8 Å². The molecule has 29 heavy (non-hydrogen) atoms. The van der Waals surface area contributed by atoms with Crippen LogP contribution in [-0.2, 0) is 0 Å². The summed E-state index contributed by atoms with van der Waals surface area (Å²) in [6.07, 6.45) is 7.98. The molecule has 0 aliphatic rings. The predicted octanol–water partition coefficient (Wildman–Crippen LogP) is 2.67. The molecule has 0 saturated carbocycles. The van der Waals surface area contributed by atoms with Gasteiger partial charge in [-0.2, -0.15) is 0 Å². The van der Waals surface area contributed by atoms with Crippen LogP contribution in [0.25, 0.3) is 22.9 Å². The van der Waals surface area contributed by atoms with Crippen LogP contribution in [0.15, 0.2) is 71.8 Å². The van der Waals surface area contributed by atoms with Gasteiger partial charge in [0.25, 0.3) is 0 Å². The molecule has 4 aromatic heterocycles. The summed E-state index contributed by atoms with van der Waals surface area (Å²) in [6.45, 7) is 0. The molecule has 4 aromatic rings. The van der Waals surface area contributed by atoms with Gasteiger partial charge in [0.2, 0.25) is 11.8 Å². The maximum Gasteiger partial charge on any atom is 0.355 e. The fraction of sp³-hybridized carbons (Fsp3) is 0. The van der Waals surface area contributed by atoms with Crippen LogP contribution >= 0.6 is 0 Å². The minimum Gasteiger partial charge on any atom is -0.478 e. The van der Waals surface area contributed by atoms with E-state index in [2.05, 4.69) is 25.1 Å². The second-order valence-electron chi connectivity index (χ2n) is 5.39.